The highest BCUT2D eigenvalue weighted by molar-refractivity contribution is 5.30. The molecule has 0 radical (unpaired) electrons. The Morgan fingerprint density at radius 2 is 1.89 bits per heavy atom. The Balaban J connectivity index is 2.04. The summed E-state index contributed by atoms with van der Waals surface area (Å²) in [5.41, 5.74) is 2.37. The van der Waals surface area contributed by atoms with Gasteiger partial charge in [0.1, 0.15) is 5.75 Å². The first-order chi connectivity index (χ1) is 8.70. The number of rotatable bonds is 5. The summed E-state index contributed by atoms with van der Waals surface area (Å²) in [5.74, 6) is 0.886. The maximum atomic E-state index is 5.24. The summed E-state index contributed by atoms with van der Waals surface area (Å²) in [6.07, 6.45) is 3.47. The number of ether oxygens (including phenoxy) is 1. The molecule has 0 amide bonds. The van der Waals surface area contributed by atoms with Crippen molar-refractivity contribution < 1.29 is 9.15 Å². The minimum absolute atomic E-state index is 0.255. The van der Waals surface area contributed by atoms with E-state index in [4.69, 9.17) is 9.15 Å². The minimum atomic E-state index is 0.255. The monoisotopic (exact) mass is 245 g/mol. The molecule has 18 heavy (non-hydrogen) atoms. The fourth-order valence-corrected chi connectivity index (χ4v) is 2.00. The number of benzene rings is 1. The summed E-state index contributed by atoms with van der Waals surface area (Å²) in [5, 5.41) is 3.53. The van der Waals surface area contributed by atoms with Crippen LogP contribution < -0.4 is 10.1 Å². The van der Waals surface area contributed by atoms with Crippen molar-refractivity contribution in [3.63, 3.8) is 0 Å². The van der Waals surface area contributed by atoms with Gasteiger partial charge in [0, 0.05) is 17.6 Å². The molecule has 0 bridgehead atoms. The molecule has 2 aromatic rings. The van der Waals surface area contributed by atoms with Crippen LogP contribution >= 0.6 is 0 Å². The fraction of sp³-hybridized carbons (Fsp3) is 0.333. The summed E-state index contributed by atoms with van der Waals surface area (Å²) >= 11 is 0. The van der Waals surface area contributed by atoms with E-state index in [1.165, 1.54) is 5.56 Å². The van der Waals surface area contributed by atoms with Crippen LogP contribution in [0.25, 0.3) is 0 Å². The molecule has 0 saturated carbocycles. The molecule has 3 heteroatoms. The molecule has 0 saturated heterocycles. The zero-order valence-electron chi connectivity index (χ0n) is 11.0. The summed E-state index contributed by atoms with van der Waals surface area (Å²) in [4.78, 5) is 0. The van der Waals surface area contributed by atoms with E-state index in [1.807, 2.05) is 18.2 Å². The highest BCUT2D eigenvalue weighted by Crippen LogP contribution is 2.22. The van der Waals surface area contributed by atoms with Gasteiger partial charge in [0.2, 0.25) is 0 Å². The van der Waals surface area contributed by atoms with Crippen molar-refractivity contribution in [1.82, 2.24) is 5.32 Å². The van der Waals surface area contributed by atoms with Gasteiger partial charge in [-0.25, -0.2) is 0 Å². The van der Waals surface area contributed by atoms with Gasteiger partial charge in [-0.05, 0) is 37.6 Å². The van der Waals surface area contributed by atoms with Crippen LogP contribution in [0, 0.1) is 0 Å². The molecule has 3 nitrogen and oxygen atoms in total. The lowest BCUT2D eigenvalue weighted by atomic mass is 10.1. The van der Waals surface area contributed by atoms with Gasteiger partial charge in [-0.1, -0.05) is 12.1 Å². The Morgan fingerprint density at radius 1 is 1.11 bits per heavy atom. The van der Waals surface area contributed by atoms with E-state index in [1.54, 1.807) is 19.6 Å². The van der Waals surface area contributed by atoms with Crippen LogP contribution in [0.1, 0.15) is 37.1 Å². The smallest absolute Gasteiger partial charge is 0.119 e. The number of hydrogen-bond acceptors (Lipinski definition) is 3. The van der Waals surface area contributed by atoms with E-state index in [2.05, 4.69) is 31.3 Å². The molecule has 2 atom stereocenters. The predicted molar refractivity (Wildman–Crippen MR) is 71.7 cm³/mol. The lowest BCUT2D eigenvalue weighted by molar-refractivity contribution is 0.412. The Morgan fingerprint density at radius 3 is 2.56 bits per heavy atom. The van der Waals surface area contributed by atoms with Gasteiger partial charge >= 0.3 is 0 Å². The van der Waals surface area contributed by atoms with Crippen molar-refractivity contribution in [2.45, 2.75) is 25.9 Å². The van der Waals surface area contributed by atoms with Crippen molar-refractivity contribution in [3.05, 3.63) is 54.0 Å². The maximum absolute atomic E-state index is 5.24. The molecule has 1 heterocycles. The molecule has 0 spiro atoms. The molecule has 1 unspecified atom stereocenters. The molecule has 0 aliphatic rings. The van der Waals surface area contributed by atoms with Crippen LogP contribution in [-0.2, 0) is 0 Å². The molecule has 0 aliphatic heterocycles. The van der Waals surface area contributed by atoms with E-state index in [9.17, 15) is 0 Å². The molecular weight excluding hydrogens is 226 g/mol. The third-order valence-corrected chi connectivity index (χ3v) is 3.14. The van der Waals surface area contributed by atoms with Crippen LogP contribution in [-0.4, -0.2) is 7.11 Å². The lowest BCUT2D eigenvalue weighted by Crippen LogP contribution is -2.22. The first-order valence-corrected chi connectivity index (χ1v) is 6.13. The van der Waals surface area contributed by atoms with Gasteiger partial charge in [-0.2, -0.15) is 0 Å². The highest BCUT2D eigenvalue weighted by atomic mass is 16.5. The second-order valence-corrected chi connectivity index (χ2v) is 4.44. The summed E-state index contributed by atoms with van der Waals surface area (Å²) in [6, 6.07) is 10.6. The van der Waals surface area contributed by atoms with Crippen LogP contribution in [0.3, 0.4) is 0 Å². The van der Waals surface area contributed by atoms with Gasteiger partial charge in [-0.15, -0.1) is 0 Å². The standard InChI is InChI=1S/C15H19NO2/c1-11(13-5-4-6-15(9-13)17-3)16-12(2)14-7-8-18-10-14/h4-12,16H,1-3H3/t11-,12?/m1/s1. The van der Waals surface area contributed by atoms with Crippen molar-refractivity contribution in [2.75, 3.05) is 7.11 Å². The van der Waals surface area contributed by atoms with E-state index in [0.717, 1.165) is 11.3 Å². The average molecular weight is 245 g/mol. The Hall–Kier alpha value is -1.74. The second kappa shape index (κ2) is 5.74. The van der Waals surface area contributed by atoms with E-state index in [0.29, 0.717) is 0 Å². The Labute approximate surface area is 108 Å². The van der Waals surface area contributed by atoms with Crippen molar-refractivity contribution >= 4 is 0 Å². The van der Waals surface area contributed by atoms with Crippen LogP contribution in [0.5, 0.6) is 5.75 Å². The summed E-state index contributed by atoms with van der Waals surface area (Å²) in [7, 11) is 1.69. The van der Waals surface area contributed by atoms with E-state index >= 15 is 0 Å². The molecule has 1 aromatic heterocycles. The van der Waals surface area contributed by atoms with Crippen LogP contribution in [0.15, 0.2) is 47.3 Å². The van der Waals surface area contributed by atoms with Gasteiger partial charge in [-0.3, -0.25) is 0 Å². The molecule has 96 valence electrons. The average Bonchev–Trinajstić information content (AvgIpc) is 2.92. The Bertz CT molecular complexity index is 479. The topological polar surface area (TPSA) is 34.4 Å². The molecule has 0 aliphatic carbocycles. The molecule has 1 aromatic carbocycles. The van der Waals surface area contributed by atoms with Crippen molar-refractivity contribution in [2.24, 2.45) is 0 Å². The molecule has 0 fully saturated rings. The van der Waals surface area contributed by atoms with E-state index < -0.39 is 0 Å². The third-order valence-electron chi connectivity index (χ3n) is 3.14. The Kier molecular flexibility index (Phi) is 4.05. The molecule has 1 N–H and O–H groups in total. The van der Waals surface area contributed by atoms with Gasteiger partial charge in [0.05, 0.1) is 19.6 Å². The van der Waals surface area contributed by atoms with Crippen LogP contribution in [0.2, 0.25) is 0 Å². The third kappa shape index (κ3) is 2.93. The zero-order valence-corrected chi connectivity index (χ0v) is 11.0. The largest absolute Gasteiger partial charge is 0.497 e. The first kappa shape index (κ1) is 12.7. The molecule has 2 rings (SSSR count). The van der Waals surface area contributed by atoms with Gasteiger partial charge in [0.15, 0.2) is 0 Å². The number of methoxy groups -OCH3 is 1. The summed E-state index contributed by atoms with van der Waals surface area (Å²) in [6.45, 7) is 4.27. The number of nitrogens with one attached hydrogen (secondary N) is 1. The second-order valence-electron chi connectivity index (χ2n) is 4.44. The molecular formula is C15H19NO2. The fourth-order valence-electron chi connectivity index (χ4n) is 2.00. The van der Waals surface area contributed by atoms with Crippen molar-refractivity contribution in [3.8, 4) is 5.75 Å². The van der Waals surface area contributed by atoms with Gasteiger partial charge < -0.3 is 14.5 Å². The number of hydrogen-bond donors (Lipinski definition) is 1. The SMILES string of the molecule is COc1cccc([C@@H](C)NC(C)c2ccoc2)c1. The predicted octanol–water partition coefficient (Wildman–Crippen LogP) is 3.70. The van der Waals surface area contributed by atoms with Crippen molar-refractivity contribution in [1.29, 1.82) is 0 Å². The normalized spacial score (nSPS) is 14.2. The first-order valence-electron chi connectivity index (χ1n) is 6.13. The van der Waals surface area contributed by atoms with Crippen LogP contribution in [0.4, 0.5) is 0 Å². The lowest BCUT2D eigenvalue weighted by Gasteiger charge is -2.19. The quantitative estimate of drug-likeness (QED) is 0.872. The zero-order chi connectivity index (χ0) is 13.0. The van der Waals surface area contributed by atoms with E-state index in [-0.39, 0.29) is 12.1 Å². The highest BCUT2D eigenvalue weighted by Gasteiger charge is 2.12. The minimum Gasteiger partial charge on any atom is -0.497 e. The number of furan rings is 1. The summed E-state index contributed by atoms with van der Waals surface area (Å²) < 4.78 is 10.3. The van der Waals surface area contributed by atoms with Gasteiger partial charge in [0.25, 0.3) is 0 Å². The maximum Gasteiger partial charge on any atom is 0.119 e.